The van der Waals surface area contributed by atoms with Gasteiger partial charge in [0.2, 0.25) is 5.95 Å². The Kier molecular flexibility index (Phi) is 5.39. The summed E-state index contributed by atoms with van der Waals surface area (Å²) in [7, 11) is 0. The number of carbonyl (C=O) groups is 1. The van der Waals surface area contributed by atoms with E-state index in [4.69, 9.17) is 5.11 Å². The van der Waals surface area contributed by atoms with Crippen molar-refractivity contribution in [2.24, 2.45) is 0 Å². The van der Waals surface area contributed by atoms with Crippen LogP contribution in [-0.2, 0) is 12.7 Å². The molecule has 0 fully saturated rings. The molecule has 0 aliphatic heterocycles. The lowest BCUT2D eigenvalue weighted by atomic mass is 10.1. The number of benzene rings is 2. The molecule has 32 heavy (non-hydrogen) atoms. The highest BCUT2D eigenvalue weighted by Gasteiger charge is 2.30. The van der Waals surface area contributed by atoms with Gasteiger partial charge in [0.15, 0.2) is 5.82 Å². The third-order valence-corrected chi connectivity index (χ3v) is 4.65. The normalized spacial score (nSPS) is 11.5. The van der Waals surface area contributed by atoms with E-state index < -0.39 is 17.8 Å². The van der Waals surface area contributed by atoms with Gasteiger partial charge in [-0.2, -0.15) is 13.2 Å². The minimum atomic E-state index is -4.47. The number of nitrogens with one attached hydrogen (secondary N) is 2. The van der Waals surface area contributed by atoms with E-state index in [2.05, 4.69) is 25.7 Å². The Morgan fingerprint density at radius 2 is 1.94 bits per heavy atom. The fourth-order valence-electron chi connectivity index (χ4n) is 3.17. The second-order valence-corrected chi connectivity index (χ2v) is 6.96. The molecule has 0 bridgehead atoms. The van der Waals surface area contributed by atoms with Crippen LogP contribution in [0, 0.1) is 6.92 Å². The Hall–Kier alpha value is -4.15. The number of aryl methyl sites for hydroxylation is 1. The van der Waals surface area contributed by atoms with Gasteiger partial charge >= 0.3 is 12.3 Å². The zero-order valence-corrected chi connectivity index (χ0v) is 16.7. The summed E-state index contributed by atoms with van der Waals surface area (Å²) in [6.07, 6.45) is -4.07. The van der Waals surface area contributed by atoms with Crippen molar-refractivity contribution >= 4 is 23.2 Å². The number of rotatable bonds is 5. The van der Waals surface area contributed by atoms with Crippen LogP contribution < -0.4 is 10.6 Å². The first-order valence-corrected chi connectivity index (χ1v) is 9.43. The summed E-state index contributed by atoms with van der Waals surface area (Å²) in [5.74, 6) is 0.458. The van der Waals surface area contributed by atoms with Crippen molar-refractivity contribution < 1.29 is 23.1 Å². The molecule has 0 saturated heterocycles. The Labute approximate surface area is 179 Å². The van der Waals surface area contributed by atoms with Crippen molar-refractivity contribution in [2.45, 2.75) is 19.6 Å². The van der Waals surface area contributed by atoms with Crippen molar-refractivity contribution in [3.05, 3.63) is 71.5 Å². The molecule has 4 rings (SSSR count). The van der Waals surface area contributed by atoms with Crippen molar-refractivity contribution in [2.75, 3.05) is 5.32 Å². The van der Waals surface area contributed by atoms with Crippen LogP contribution in [-0.4, -0.2) is 30.8 Å². The molecule has 3 N–H and O–H groups in total. The van der Waals surface area contributed by atoms with E-state index in [0.717, 1.165) is 17.7 Å². The van der Waals surface area contributed by atoms with Crippen molar-refractivity contribution in [1.29, 1.82) is 0 Å². The first-order valence-electron chi connectivity index (χ1n) is 9.43. The van der Waals surface area contributed by atoms with Crippen LogP contribution in [0.25, 0.3) is 16.9 Å². The zero-order chi connectivity index (χ0) is 22.9. The topological polar surface area (TPSA) is 104 Å². The number of aromatic nitrogens is 4. The summed E-state index contributed by atoms with van der Waals surface area (Å²) in [5, 5.41) is 18.5. The molecule has 0 radical (unpaired) electrons. The maximum atomic E-state index is 13.1. The molecule has 8 nitrogen and oxygen atoms in total. The van der Waals surface area contributed by atoms with Gasteiger partial charge in [-0.05, 0) is 36.8 Å². The highest BCUT2D eigenvalue weighted by atomic mass is 19.4. The average Bonchev–Trinajstić information content (AvgIpc) is 3.08. The van der Waals surface area contributed by atoms with Gasteiger partial charge in [0.25, 0.3) is 0 Å². The van der Waals surface area contributed by atoms with Crippen LogP contribution in [0.3, 0.4) is 0 Å². The maximum Gasteiger partial charge on any atom is 0.416 e. The lowest BCUT2D eigenvalue weighted by Gasteiger charge is -2.09. The van der Waals surface area contributed by atoms with Gasteiger partial charge < -0.3 is 15.7 Å². The monoisotopic (exact) mass is 442 g/mol. The predicted molar refractivity (Wildman–Crippen MR) is 111 cm³/mol. The summed E-state index contributed by atoms with van der Waals surface area (Å²) in [4.78, 5) is 19.3. The van der Waals surface area contributed by atoms with Crippen molar-refractivity contribution in [1.82, 2.24) is 24.9 Å². The maximum absolute atomic E-state index is 13.1. The van der Waals surface area contributed by atoms with Gasteiger partial charge in [0, 0.05) is 17.8 Å². The number of amides is 1. The number of hydrogen-bond acceptors (Lipinski definition) is 5. The molecule has 0 unspecified atom stereocenters. The zero-order valence-electron chi connectivity index (χ0n) is 16.7. The summed E-state index contributed by atoms with van der Waals surface area (Å²) in [6.45, 7) is 1.85. The highest BCUT2D eigenvalue weighted by Crippen LogP contribution is 2.32. The van der Waals surface area contributed by atoms with E-state index >= 15 is 0 Å². The number of carboxylic acid groups (broad SMARTS) is 1. The van der Waals surface area contributed by atoms with Gasteiger partial charge in [-0.25, -0.2) is 19.3 Å². The molecule has 4 aromatic rings. The molecule has 11 heteroatoms. The van der Waals surface area contributed by atoms with Crippen molar-refractivity contribution in [3.8, 4) is 11.4 Å². The Balaban J connectivity index is 1.68. The van der Waals surface area contributed by atoms with Gasteiger partial charge in [-0.1, -0.05) is 24.3 Å². The fourth-order valence-corrected chi connectivity index (χ4v) is 3.17. The Bertz CT molecular complexity index is 1300. The molecule has 1 amide bonds. The summed E-state index contributed by atoms with van der Waals surface area (Å²) >= 11 is 0. The molecule has 164 valence electrons. The number of nitrogens with zero attached hydrogens (tertiary/aromatic N) is 4. The minimum absolute atomic E-state index is 0.130. The summed E-state index contributed by atoms with van der Waals surface area (Å²) < 4.78 is 40.9. The van der Waals surface area contributed by atoms with E-state index in [-0.39, 0.29) is 23.9 Å². The Morgan fingerprint density at radius 1 is 1.16 bits per heavy atom. The molecule has 0 spiro atoms. The molecule has 2 aromatic carbocycles. The van der Waals surface area contributed by atoms with Gasteiger partial charge in [-0.15, -0.1) is 5.10 Å². The van der Waals surface area contributed by atoms with Crippen LogP contribution in [0.4, 0.5) is 29.6 Å². The lowest BCUT2D eigenvalue weighted by Crippen LogP contribution is -2.19. The lowest BCUT2D eigenvalue weighted by molar-refractivity contribution is -0.137. The average molecular weight is 442 g/mol. The largest absolute Gasteiger partial charge is 0.465 e. The molecular formula is C21H17F3N6O2. The summed E-state index contributed by atoms with van der Waals surface area (Å²) in [5.41, 5.74) is 1.97. The number of alkyl halides is 3. The second kappa shape index (κ2) is 8.17. The number of anilines is 2. The number of hydrogen-bond donors (Lipinski definition) is 3. The molecule has 0 aliphatic rings. The molecule has 0 saturated carbocycles. The van der Waals surface area contributed by atoms with E-state index in [1.807, 2.05) is 0 Å². The number of imidazole rings is 1. The van der Waals surface area contributed by atoms with E-state index in [9.17, 15) is 18.0 Å². The molecule has 0 aliphatic carbocycles. The van der Waals surface area contributed by atoms with Gasteiger partial charge in [-0.3, -0.25) is 0 Å². The standard InChI is InChI=1S/C21H17F3N6O2/c1-12-17-11-25-19(28-16-7-2-4-13(8-16)10-26-20(31)32)29-30(17)18(27-12)14-5-3-6-15(9-14)21(22,23)24/h2-9,11,26H,10H2,1H3,(H,28,29)(H,31,32). The summed E-state index contributed by atoms with van der Waals surface area (Å²) in [6, 6.07) is 11.9. The Morgan fingerprint density at radius 3 is 2.69 bits per heavy atom. The van der Waals surface area contributed by atoms with Gasteiger partial charge in [0.1, 0.15) is 5.52 Å². The van der Waals surface area contributed by atoms with Crippen LogP contribution >= 0.6 is 0 Å². The smallest absolute Gasteiger partial charge is 0.416 e. The number of fused-ring (bicyclic) bond motifs is 1. The molecular weight excluding hydrogens is 425 g/mol. The van der Waals surface area contributed by atoms with Crippen LogP contribution in [0.1, 0.15) is 16.8 Å². The number of halogens is 3. The highest BCUT2D eigenvalue weighted by molar-refractivity contribution is 5.66. The van der Waals surface area contributed by atoms with E-state index in [1.54, 1.807) is 31.2 Å². The molecule has 2 heterocycles. The van der Waals surface area contributed by atoms with E-state index in [0.29, 0.717) is 16.9 Å². The van der Waals surface area contributed by atoms with Crippen LogP contribution in [0.5, 0.6) is 0 Å². The fraction of sp³-hybridized carbons (Fsp3) is 0.143. The second-order valence-electron chi connectivity index (χ2n) is 6.96. The molecule has 2 aromatic heterocycles. The first-order chi connectivity index (χ1) is 15.2. The van der Waals surface area contributed by atoms with Crippen LogP contribution in [0.2, 0.25) is 0 Å². The predicted octanol–water partition coefficient (Wildman–Crippen LogP) is 4.63. The van der Waals surface area contributed by atoms with E-state index in [1.165, 1.54) is 22.8 Å². The molecule has 0 atom stereocenters. The van der Waals surface area contributed by atoms with Crippen LogP contribution in [0.15, 0.2) is 54.7 Å². The first kappa shape index (κ1) is 21.1. The third-order valence-electron chi connectivity index (χ3n) is 4.65. The van der Waals surface area contributed by atoms with Crippen molar-refractivity contribution in [3.63, 3.8) is 0 Å². The minimum Gasteiger partial charge on any atom is -0.465 e. The SMILES string of the molecule is Cc1nc(-c2cccc(C(F)(F)F)c2)n2nc(Nc3cccc(CNC(=O)O)c3)ncc12. The van der Waals surface area contributed by atoms with Gasteiger partial charge in [0.05, 0.1) is 17.5 Å². The third kappa shape index (κ3) is 4.46. The quantitative estimate of drug-likeness (QED) is 0.416.